The van der Waals surface area contributed by atoms with Crippen molar-refractivity contribution in [3.8, 4) is 0 Å². The van der Waals surface area contributed by atoms with Gasteiger partial charge in [-0.3, -0.25) is 0 Å². The smallest absolute Gasteiger partial charge is 0.368 e. The summed E-state index contributed by atoms with van der Waals surface area (Å²) >= 11 is 5.73. The molecule has 0 radical (unpaired) electrons. The number of nitrogens with zero attached hydrogens (tertiary/aromatic N) is 1. The Morgan fingerprint density at radius 1 is 1.15 bits per heavy atom. The molecule has 0 unspecified atom stereocenters. The summed E-state index contributed by atoms with van der Waals surface area (Å²) in [6, 6.07) is 11.9. The van der Waals surface area contributed by atoms with Crippen molar-refractivity contribution in [3.05, 3.63) is 70.5 Å². The summed E-state index contributed by atoms with van der Waals surface area (Å²) in [4.78, 5) is 16.2. The molecule has 20 heavy (non-hydrogen) atoms. The molecule has 0 aliphatic carbocycles. The van der Waals surface area contributed by atoms with E-state index in [1.165, 1.54) is 18.2 Å². The summed E-state index contributed by atoms with van der Waals surface area (Å²) in [6.45, 7) is 0. The third kappa shape index (κ3) is 3.33. The predicted octanol–water partition coefficient (Wildman–Crippen LogP) is 2.96. The summed E-state index contributed by atoms with van der Waals surface area (Å²) in [5.41, 5.74) is 5.97. The van der Waals surface area contributed by atoms with E-state index in [0.717, 1.165) is 6.07 Å². The van der Waals surface area contributed by atoms with Gasteiger partial charge in [-0.2, -0.15) is 0 Å². The van der Waals surface area contributed by atoms with Crippen LogP contribution in [0.4, 0.5) is 4.39 Å². The molecule has 0 saturated heterocycles. The first-order valence-electron chi connectivity index (χ1n) is 5.63. The van der Waals surface area contributed by atoms with Crippen LogP contribution in [0, 0.1) is 5.82 Å². The molecule has 0 saturated carbocycles. The zero-order chi connectivity index (χ0) is 14.5. The Balaban J connectivity index is 2.11. The Bertz CT molecular complexity index is 656. The average Bonchev–Trinajstić information content (AvgIpc) is 2.45. The maximum atomic E-state index is 13.3. The van der Waals surface area contributed by atoms with Gasteiger partial charge >= 0.3 is 5.97 Å². The van der Waals surface area contributed by atoms with E-state index < -0.39 is 11.8 Å². The number of halogens is 2. The fourth-order valence-electron chi connectivity index (χ4n) is 1.44. The van der Waals surface area contributed by atoms with Crippen LogP contribution in [0.3, 0.4) is 0 Å². The normalized spacial score (nSPS) is 11.2. The second-order valence-electron chi connectivity index (χ2n) is 3.84. The van der Waals surface area contributed by atoms with Crippen molar-refractivity contribution in [3.63, 3.8) is 0 Å². The topological polar surface area (TPSA) is 64.7 Å². The molecule has 6 heteroatoms. The van der Waals surface area contributed by atoms with E-state index in [2.05, 4.69) is 9.99 Å². The Morgan fingerprint density at radius 3 is 2.45 bits per heavy atom. The first-order valence-corrected chi connectivity index (χ1v) is 6.01. The van der Waals surface area contributed by atoms with Crippen molar-refractivity contribution in [2.24, 2.45) is 10.9 Å². The SMILES string of the molecule is NC(=NOC(=O)c1ccccc1F)c1ccc(Cl)cc1. The standard InChI is InChI=1S/C14H10ClFN2O2/c15-10-7-5-9(6-8-10)13(17)18-20-14(19)11-3-1-2-4-12(11)16/h1-8H,(H2,17,18). The first kappa shape index (κ1) is 14.0. The van der Waals surface area contributed by atoms with Gasteiger partial charge in [0.1, 0.15) is 5.82 Å². The Labute approximate surface area is 119 Å². The van der Waals surface area contributed by atoms with E-state index in [1.807, 2.05) is 0 Å². The number of nitrogens with two attached hydrogens (primary N) is 1. The number of hydrogen-bond donors (Lipinski definition) is 1. The van der Waals surface area contributed by atoms with Crippen molar-refractivity contribution < 1.29 is 14.0 Å². The lowest BCUT2D eigenvalue weighted by Gasteiger charge is -2.02. The van der Waals surface area contributed by atoms with E-state index >= 15 is 0 Å². The molecule has 2 aromatic rings. The van der Waals surface area contributed by atoms with E-state index in [1.54, 1.807) is 24.3 Å². The third-order valence-electron chi connectivity index (χ3n) is 2.46. The van der Waals surface area contributed by atoms with Crippen molar-refractivity contribution in [2.45, 2.75) is 0 Å². The van der Waals surface area contributed by atoms with Gasteiger partial charge in [0.2, 0.25) is 0 Å². The molecule has 2 aromatic carbocycles. The lowest BCUT2D eigenvalue weighted by atomic mass is 10.2. The van der Waals surface area contributed by atoms with Crippen LogP contribution >= 0.6 is 11.6 Å². The molecule has 2 rings (SSSR count). The molecule has 0 amide bonds. The van der Waals surface area contributed by atoms with Crippen molar-refractivity contribution >= 4 is 23.4 Å². The number of rotatable bonds is 3. The lowest BCUT2D eigenvalue weighted by Crippen LogP contribution is -2.15. The lowest BCUT2D eigenvalue weighted by molar-refractivity contribution is 0.0510. The molecule has 102 valence electrons. The summed E-state index contributed by atoms with van der Waals surface area (Å²) in [5, 5.41) is 4.02. The molecule has 0 aliphatic rings. The van der Waals surface area contributed by atoms with Crippen molar-refractivity contribution in [1.82, 2.24) is 0 Å². The Kier molecular flexibility index (Phi) is 4.32. The summed E-state index contributed by atoms with van der Waals surface area (Å²) in [6.07, 6.45) is 0. The molecule has 4 nitrogen and oxygen atoms in total. The minimum absolute atomic E-state index is 0.00800. The monoisotopic (exact) mass is 292 g/mol. The van der Waals surface area contributed by atoms with Crippen LogP contribution in [0.25, 0.3) is 0 Å². The molecule has 2 N–H and O–H groups in total. The maximum absolute atomic E-state index is 13.3. The van der Waals surface area contributed by atoms with Gasteiger partial charge in [-0.1, -0.05) is 28.9 Å². The molecule has 0 heterocycles. The highest BCUT2D eigenvalue weighted by molar-refractivity contribution is 6.30. The highest BCUT2D eigenvalue weighted by atomic mass is 35.5. The zero-order valence-corrected chi connectivity index (χ0v) is 11.0. The van der Waals surface area contributed by atoms with Crippen LogP contribution in [0.5, 0.6) is 0 Å². The molecule has 0 spiro atoms. The van der Waals surface area contributed by atoms with Crippen LogP contribution in [0.2, 0.25) is 5.02 Å². The average molecular weight is 293 g/mol. The van der Waals surface area contributed by atoms with Crippen LogP contribution in [-0.2, 0) is 4.84 Å². The van der Waals surface area contributed by atoms with Crippen molar-refractivity contribution in [2.75, 3.05) is 0 Å². The van der Waals surface area contributed by atoms with Gasteiger partial charge in [0.05, 0.1) is 5.56 Å². The second kappa shape index (κ2) is 6.16. The third-order valence-corrected chi connectivity index (χ3v) is 2.71. The number of amidine groups is 1. The Morgan fingerprint density at radius 2 is 1.80 bits per heavy atom. The first-order chi connectivity index (χ1) is 9.58. The van der Waals surface area contributed by atoms with Gasteiger partial charge in [0, 0.05) is 10.6 Å². The minimum atomic E-state index is -0.917. The Hall–Kier alpha value is -2.40. The molecule has 0 atom stereocenters. The maximum Gasteiger partial charge on any atom is 0.368 e. The van der Waals surface area contributed by atoms with Gasteiger partial charge in [0.25, 0.3) is 0 Å². The number of carbonyl (C=O) groups is 1. The van der Waals surface area contributed by atoms with Gasteiger partial charge < -0.3 is 10.6 Å². The molecule has 0 bridgehead atoms. The van der Waals surface area contributed by atoms with Gasteiger partial charge in [0.15, 0.2) is 5.84 Å². The molecular weight excluding hydrogens is 283 g/mol. The highest BCUT2D eigenvalue weighted by Crippen LogP contribution is 2.10. The summed E-state index contributed by atoms with van der Waals surface area (Å²) in [7, 11) is 0. The van der Waals surface area contributed by atoms with E-state index in [0.29, 0.717) is 10.6 Å². The zero-order valence-electron chi connectivity index (χ0n) is 10.2. The quantitative estimate of drug-likeness (QED) is 0.409. The van der Waals surface area contributed by atoms with Crippen LogP contribution in [-0.4, -0.2) is 11.8 Å². The van der Waals surface area contributed by atoms with Crippen LogP contribution in [0.15, 0.2) is 53.7 Å². The summed E-state index contributed by atoms with van der Waals surface area (Å²) in [5.74, 6) is -1.61. The van der Waals surface area contributed by atoms with Gasteiger partial charge in [-0.05, 0) is 36.4 Å². The number of carbonyl (C=O) groups excluding carboxylic acids is 1. The molecular formula is C14H10ClFN2O2. The molecule has 0 aromatic heterocycles. The second-order valence-corrected chi connectivity index (χ2v) is 4.28. The van der Waals surface area contributed by atoms with Crippen molar-refractivity contribution in [1.29, 1.82) is 0 Å². The largest absolute Gasteiger partial charge is 0.380 e. The minimum Gasteiger partial charge on any atom is -0.380 e. The number of hydrogen-bond acceptors (Lipinski definition) is 3. The predicted molar refractivity (Wildman–Crippen MR) is 74.0 cm³/mol. The van der Waals surface area contributed by atoms with Gasteiger partial charge in [-0.25, -0.2) is 9.18 Å². The number of benzene rings is 2. The van der Waals surface area contributed by atoms with E-state index in [9.17, 15) is 9.18 Å². The summed E-state index contributed by atoms with van der Waals surface area (Å²) < 4.78 is 13.3. The molecule has 0 fully saturated rings. The van der Waals surface area contributed by atoms with Gasteiger partial charge in [-0.15, -0.1) is 0 Å². The van der Waals surface area contributed by atoms with E-state index in [4.69, 9.17) is 17.3 Å². The van der Waals surface area contributed by atoms with E-state index in [-0.39, 0.29) is 11.4 Å². The highest BCUT2D eigenvalue weighted by Gasteiger charge is 2.12. The fourth-order valence-corrected chi connectivity index (χ4v) is 1.57. The fraction of sp³-hybridized carbons (Fsp3) is 0. The van der Waals surface area contributed by atoms with Crippen LogP contribution < -0.4 is 5.73 Å². The number of oxime groups is 1. The van der Waals surface area contributed by atoms with Crippen LogP contribution in [0.1, 0.15) is 15.9 Å². The molecule has 0 aliphatic heterocycles.